The van der Waals surface area contributed by atoms with Crippen LogP contribution in [0, 0.1) is 5.41 Å². The number of carbonyl (C=O) groups excluding carboxylic acids is 2. The first-order valence-electron chi connectivity index (χ1n) is 9.32. The van der Waals surface area contributed by atoms with Crippen molar-refractivity contribution in [2.24, 2.45) is 5.73 Å². The summed E-state index contributed by atoms with van der Waals surface area (Å²) in [4.78, 5) is 24.1. The number of amides is 2. The molecule has 0 aliphatic rings. The normalized spacial score (nSPS) is 12.0. The predicted molar refractivity (Wildman–Crippen MR) is 115 cm³/mol. The lowest BCUT2D eigenvalue weighted by molar-refractivity contribution is -0.127. The van der Waals surface area contributed by atoms with Crippen molar-refractivity contribution in [2.75, 3.05) is 13.2 Å². The Morgan fingerprint density at radius 3 is 2.23 bits per heavy atom. The first kappa shape index (κ1) is 24.0. The minimum atomic E-state index is -3.88. The van der Waals surface area contributed by atoms with E-state index in [1.54, 1.807) is 54.6 Å². The molecule has 0 heterocycles. The zero-order valence-electron chi connectivity index (χ0n) is 16.7. The lowest BCUT2D eigenvalue weighted by Crippen LogP contribution is -2.50. The van der Waals surface area contributed by atoms with Crippen LogP contribution in [0.25, 0.3) is 0 Å². The molecule has 0 aliphatic heterocycles. The molecule has 11 heteroatoms. The van der Waals surface area contributed by atoms with Crippen LogP contribution in [-0.2, 0) is 31.9 Å². The summed E-state index contributed by atoms with van der Waals surface area (Å²) in [6.45, 7) is -0.953. The highest BCUT2D eigenvalue weighted by molar-refractivity contribution is 7.88. The SMILES string of the molecule is N=C(N)c1ccc(CNC(=O)CNC(=O)C(CO)NS(=O)(=O)Cc2ccccc2)cc1. The summed E-state index contributed by atoms with van der Waals surface area (Å²) in [6.07, 6.45) is 0. The second kappa shape index (κ2) is 11.2. The highest BCUT2D eigenvalue weighted by Gasteiger charge is 2.24. The van der Waals surface area contributed by atoms with Gasteiger partial charge in [-0.3, -0.25) is 15.0 Å². The molecule has 0 spiro atoms. The Labute approximate surface area is 180 Å². The van der Waals surface area contributed by atoms with Gasteiger partial charge in [0.15, 0.2) is 0 Å². The fraction of sp³-hybridized carbons (Fsp3) is 0.250. The lowest BCUT2D eigenvalue weighted by Gasteiger charge is -2.16. The second-order valence-corrected chi connectivity index (χ2v) is 8.46. The molecule has 0 saturated heterocycles. The third kappa shape index (κ3) is 8.16. The molecular formula is C20H25N5O5S. The van der Waals surface area contributed by atoms with Gasteiger partial charge in [-0.15, -0.1) is 0 Å². The van der Waals surface area contributed by atoms with Crippen LogP contribution in [0.5, 0.6) is 0 Å². The van der Waals surface area contributed by atoms with Gasteiger partial charge in [0.25, 0.3) is 0 Å². The Morgan fingerprint density at radius 1 is 1.00 bits per heavy atom. The van der Waals surface area contributed by atoms with Crippen LogP contribution >= 0.6 is 0 Å². The number of carbonyl (C=O) groups is 2. The maximum atomic E-state index is 12.2. The Bertz CT molecular complexity index is 1010. The summed E-state index contributed by atoms with van der Waals surface area (Å²) in [5, 5.41) is 21.6. The number of hydrogen-bond donors (Lipinski definition) is 6. The molecule has 1 atom stereocenters. The summed E-state index contributed by atoms with van der Waals surface area (Å²) in [7, 11) is -3.88. The largest absolute Gasteiger partial charge is 0.394 e. The van der Waals surface area contributed by atoms with Crippen LogP contribution in [0.2, 0.25) is 0 Å². The fourth-order valence-corrected chi connectivity index (χ4v) is 3.91. The molecule has 0 aromatic heterocycles. The maximum Gasteiger partial charge on any atom is 0.240 e. The maximum absolute atomic E-state index is 12.2. The van der Waals surface area contributed by atoms with Crippen molar-refractivity contribution in [2.45, 2.75) is 18.3 Å². The van der Waals surface area contributed by atoms with Crippen LogP contribution in [0.1, 0.15) is 16.7 Å². The van der Waals surface area contributed by atoms with Gasteiger partial charge in [-0.05, 0) is 11.1 Å². The molecule has 10 nitrogen and oxygen atoms in total. The van der Waals surface area contributed by atoms with Crippen molar-refractivity contribution < 1.29 is 23.1 Å². The second-order valence-electron chi connectivity index (χ2n) is 6.70. The van der Waals surface area contributed by atoms with Crippen molar-refractivity contribution in [3.8, 4) is 0 Å². The van der Waals surface area contributed by atoms with Gasteiger partial charge in [-0.2, -0.15) is 0 Å². The fourth-order valence-electron chi connectivity index (χ4n) is 2.58. The van der Waals surface area contributed by atoms with E-state index in [1.807, 2.05) is 0 Å². The van der Waals surface area contributed by atoms with Gasteiger partial charge < -0.3 is 21.5 Å². The van der Waals surface area contributed by atoms with Gasteiger partial charge >= 0.3 is 0 Å². The molecule has 0 fully saturated rings. The topological polar surface area (TPSA) is 174 Å². The number of aliphatic hydroxyl groups excluding tert-OH is 1. The highest BCUT2D eigenvalue weighted by atomic mass is 32.2. The van der Waals surface area contributed by atoms with E-state index in [9.17, 15) is 23.1 Å². The molecule has 31 heavy (non-hydrogen) atoms. The van der Waals surface area contributed by atoms with Crippen molar-refractivity contribution >= 4 is 27.7 Å². The van der Waals surface area contributed by atoms with Crippen LogP contribution in [0.4, 0.5) is 0 Å². The van der Waals surface area contributed by atoms with Gasteiger partial charge in [0.05, 0.1) is 18.9 Å². The van der Waals surface area contributed by atoms with Gasteiger partial charge in [-0.25, -0.2) is 13.1 Å². The molecular weight excluding hydrogens is 422 g/mol. The molecule has 0 aliphatic carbocycles. The molecule has 7 N–H and O–H groups in total. The summed E-state index contributed by atoms with van der Waals surface area (Å²) in [5.74, 6) is -1.72. The summed E-state index contributed by atoms with van der Waals surface area (Å²) >= 11 is 0. The minimum absolute atomic E-state index is 0.0591. The van der Waals surface area contributed by atoms with E-state index in [-0.39, 0.29) is 24.7 Å². The Hall–Kier alpha value is -3.28. The van der Waals surface area contributed by atoms with Crippen molar-refractivity contribution in [1.29, 1.82) is 5.41 Å². The van der Waals surface area contributed by atoms with E-state index in [1.165, 1.54) is 0 Å². The van der Waals surface area contributed by atoms with Crippen LogP contribution in [0.15, 0.2) is 54.6 Å². The number of nitrogens with one attached hydrogen (secondary N) is 4. The van der Waals surface area contributed by atoms with E-state index < -0.39 is 34.5 Å². The number of rotatable bonds is 11. The van der Waals surface area contributed by atoms with E-state index in [0.29, 0.717) is 11.1 Å². The molecule has 2 rings (SSSR count). The summed E-state index contributed by atoms with van der Waals surface area (Å²) in [5.41, 5.74) is 7.24. The average Bonchev–Trinajstić information content (AvgIpc) is 2.75. The Balaban J connectivity index is 1.80. The predicted octanol–water partition coefficient (Wildman–Crippen LogP) is -0.816. The molecule has 166 valence electrons. The standard InChI is InChI=1S/C20H25N5O5S/c21-19(22)16-8-6-14(7-9-16)10-23-18(27)11-24-20(28)17(12-26)25-31(29,30)13-15-4-2-1-3-5-15/h1-9,17,25-26H,10-13H2,(H3,21,22)(H,23,27)(H,24,28). The zero-order valence-corrected chi connectivity index (χ0v) is 17.5. The van der Waals surface area contributed by atoms with Gasteiger partial charge in [0, 0.05) is 12.1 Å². The number of amidine groups is 1. The van der Waals surface area contributed by atoms with Crippen LogP contribution in [-0.4, -0.2) is 50.4 Å². The average molecular weight is 448 g/mol. The molecule has 1 unspecified atom stereocenters. The first-order valence-corrected chi connectivity index (χ1v) is 11.0. The summed E-state index contributed by atoms with van der Waals surface area (Å²) < 4.78 is 26.6. The zero-order chi connectivity index (χ0) is 22.9. The third-order valence-corrected chi connectivity index (χ3v) is 5.56. The highest BCUT2D eigenvalue weighted by Crippen LogP contribution is 2.05. The van der Waals surface area contributed by atoms with E-state index >= 15 is 0 Å². The third-order valence-electron chi connectivity index (χ3n) is 4.20. The Kier molecular flexibility index (Phi) is 8.67. The Morgan fingerprint density at radius 2 is 1.65 bits per heavy atom. The van der Waals surface area contributed by atoms with Crippen molar-refractivity contribution in [3.05, 3.63) is 71.3 Å². The van der Waals surface area contributed by atoms with Crippen LogP contribution < -0.4 is 21.1 Å². The summed E-state index contributed by atoms with van der Waals surface area (Å²) in [6, 6.07) is 13.7. The molecule has 2 aromatic carbocycles. The van der Waals surface area contributed by atoms with Crippen molar-refractivity contribution in [1.82, 2.24) is 15.4 Å². The number of benzene rings is 2. The molecule has 2 aromatic rings. The van der Waals surface area contributed by atoms with Gasteiger partial charge in [-0.1, -0.05) is 54.6 Å². The van der Waals surface area contributed by atoms with Crippen molar-refractivity contribution in [3.63, 3.8) is 0 Å². The molecule has 0 saturated carbocycles. The lowest BCUT2D eigenvalue weighted by atomic mass is 10.1. The van der Waals surface area contributed by atoms with Gasteiger partial charge in [0.2, 0.25) is 21.8 Å². The van der Waals surface area contributed by atoms with E-state index in [2.05, 4.69) is 15.4 Å². The smallest absolute Gasteiger partial charge is 0.240 e. The van der Waals surface area contributed by atoms with E-state index in [4.69, 9.17) is 11.1 Å². The first-order chi connectivity index (χ1) is 14.7. The number of sulfonamides is 1. The van der Waals surface area contributed by atoms with E-state index in [0.717, 1.165) is 5.56 Å². The minimum Gasteiger partial charge on any atom is -0.394 e. The van der Waals surface area contributed by atoms with Gasteiger partial charge in [0.1, 0.15) is 11.9 Å². The number of aliphatic hydroxyl groups is 1. The molecule has 0 bridgehead atoms. The number of nitrogen functional groups attached to an aromatic ring is 1. The monoisotopic (exact) mass is 447 g/mol. The van der Waals surface area contributed by atoms with Crippen LogP contribution in [0.3, 0.4) is 0 Å². The molecule has 2 amide bonds. The quantitative estimate of drug-likeness (QED) is 0.194. The number of hydrogen-bond acceptors (Lipinski definition) is 6. The number of nitrogens with two attached hydrogens (primary N) is 1. The molecule has 0 radical (unpaired) electrons.